The second kappa shape index (κ2) is 8.15. The van der Waals surface area contributed by atoms with Crippen LogP contribution in [-0.4, -0.2) is 50.1 Å². The molecule has 0 aliphatic heterocycles. The fourth-order valence-electron chi connectivity index (χ4n) is 2.57. The van der Waals surface area contributed by atoms with E-state index >= 15 is 0 Å². The highest BCUT2D eigenvalue weighted by atomic mass is 16.5. The maximum absolute atomic E-state index is 11.9. The zero-order valence-corrected chi connectivity index (χ0v) is 12.3. The van der Waals surface area contributed by atoms with Crippen LogP contribution in [0.4, 0.5) is 0 Å². The van der Waals surface area contributed by atoms with Gasteiger partial charge in [-0.15, -0.1) is 0 Å². The fourth-order valence-corrected chi connectivity index (χ4v) is 2.57. The van der Waals surface area contributed by atoms with Crippen molar-refractivity contribution in [3.63, 3.8) is 0 Å². The molecule has 0 aromatic carbocycles. The van der Waals surface area contributed by atoms with E-state index in [4.69, 9.17) is 0 Å². The van der Waals surface area contributed by atoms with Gasteiger partial charge in [-0.05, 0) is 19.9 Å². The third-order valence-electron chi connectivity index (χ3n) is 3.57. The van der Waals surface area contributed by atoms with E-state index < -0.39 is 0 Å². The first kappa shape index (κ1) is 16.0. The summed E-state index contributed by atoms with van der Waals surface area (Å²) in [6, 6.07) is 0.340. The van der Waals surface area contributed by atoms with Crippen LogP contribution in [0, 0.1) is 5.92 Å². The molecule has 1 fully saturated rings. The molecule has 0 bridgehead atoms. The van der Waals surface area contributed by atoms with Gasteiger partial charge in [0, 0.05) is 12.6 Å². The van der Waals surface area contributed by atoms with E-state index in [-0.39, 0.29) is 17.8 Å². The lowest BCUT2D eigenvalue weighted by Crippen LogP contribution is -2.43. The number of rotatable bonds is 6. The molecule has 0 saturated heterocycles. The van der Waals surface area contributed by atoms with Gasteiger partial charge in [0.05, 0.1) is 19.6 Å². The summed E-state index contributed by atoms with van der Waals surface area (Å²) >= 11 is 0. The van der Waals surface area contributed by atoms with Crippen LogP contribution in [-0.2, 0) is 14.3 Å². The minimum absolute atomic E-state index is 0.0477. The highest BCUT2D eigenvalue weighted by Gasteiger charge is 2.19. The second-order valence-electron chi connectivity index (χ2n) is 5.52. The average Bonchev–Trinajstić information content (AvgIpc) is 2.38. The van der Waals surface area contributed by atoms with Crippen molar-refractivity contribution in [2.24, 2.45) is 5.92 Å². The Morgan fingerprint density at radius 2 is 1.95 bits per heavy atom. The predicted molar refractivity (Wildman–Crippen MR) is 73.7 cm³/mol. The van der Waals surface area contributed by atoms with Crippen LogP contribution in [0.1, 0.15) is 39.0 Å². The van der Waals surface area contributed by atoms with Crippen LogP contribution in [0.2, 0.25) is 0 Å². The van der Waals surface area contributed by atoms with Gasteiger partial charge in [0.25, 0.3) is 0 Å². The lowest BCUT2D eigenvalue weighted by molar-refractivity contribution is -0.145. The largest absolute Gasteiger partial charge is 0.469 e. The van der Waals surface area contributed by atoms with Gasteiger partial charge >= 0.3 is 5.97 Å². The molecule has 1 amide bonds. The van der Waals surface area contributed by atoms with E-state index in [0.717, 1.165) is 12.8 Å². The molecular formula is C14H26N2O3. The van der Waals surface area contributed by atoms with Crippen LogP contribution in [0.25, 0.3) is 0 Å². The molecule has 0 aromatic rings. The summed E-state index contributed by atoms with van der Waals surface area (Å²) in [5.41, 5.74) is 0. The van der Waals surface area contributed by atoms with Gasteiger partial charge in [-0.25, -0.2) is 0 Å². The summed E-state index contributed by atoms with van der Waals surface area (Å²) in [6.45, 7) is 2.67. The number of likely N-dealkylation sites (N-methyl/N-ethyl adjacent to an activating group) is 1. The molecule has 19 heavy (non-hydrogen) atoms. The van der Waals surface area contributed by atoms with Crippen LogP contribution < -0.4 is 5.32 Å². The Hall–Kier alpha value is -1.10. The van der Waals surface area contributed by atoms with E-state index in [9.17, 15) is 9.59 Å². The Balaban J connectivity index is 2.25. The number of esters is 1. The van der Waals surface area contributed by atoms with Crippen molar-refractivity contribution in [2.75, 3.05) is 27.2 Å². The lowest BCUT2D eigenvalue weighted by Gasteiger charge is -2.25. The monoisotopic (exact) mass is 270 g/mol. The molecule has 1 atom stereocenters. The van der Waals surface area contributed by atoms with Crippen molar-refractivity contribution in [1.82, 2.24) is 10.2 Å². The first-order chi connectivity index (χ1) is 9.02. The van der Waals surface area contributed by atoms with E-state index in [0.29, 0.717) is 19.1 Å². The normalized spacial score (nSPS) is 18.1. The lowest BCUT2D eigenvalue weighted by atomic mass is 9.95. The Morgan fingerprint density at radius 3 is 2.53 bits per heavy atom. The average molecular weight is 270 g/mol. The number of methoxy groups -OCH3 is 1. The molecule has 0 radical (unpaired) electrons. The Kier molecular flexibility index (Phi) is 6.84. The Bertz CT molecular complexity index is 301. The summed E-state index contributed by atoms with van der Waals surface area (Å²) in [4.78, 5) is 25.0. The quantitative estimate of drug-likeness (QED) is 0.736. The van der Waals surface area contributed by atoms with Crippen molar-refractivity contribution in [1.29, 1.82) is 0 Å². The van der Waals surface area contributed by atoms with Crippen molar-refractivity contribution in [2.45, 2.75) is 45.1 Å². The number of amides is 1. The third-order valence-corrected chi connectivity index (χ3v) is 3.57. The molecule has 0 heterocycles. The van der Waals surface area contributed by atoms with Gasteiger partial charge < -0.3 is 10.1 Å². The summed E-state index contributed by atoms with van der Waals surface area (Å²) in [6.07, 6.45) is 5.88. The van der Waals surface area contributed by atoms with E-state index in [1.807, 2.05) is 11.9 Å². The predicted octanol–water partition coefficient (Wildman–Crippen LogP) is 1.18. The summed E-state index contributed by atoms with van der Waals surface area (Å²) in [7, 11) is 3.23. The number of nitrogens with zero attached hydrogens (tertiary/aromatic N) is 1. The van der Waals surface area contributed by atoms with Gasteiger partial charge in [0.1, 0.15) is 0 Å². The second-order valence-corrected chi connectivity index (χ2v) is 5.52. The molecule has 1 rings (SSSR count). The molecule has 5 nitrogen and oxygen atoms in total. The van der Waals surface area contributed by atoms with Crippen LogP contribution in [0.15, 0.2) is 0 Å². The standard InChI is InChI=1S/C14H26N2O3/c1-11(14(18)19-3)9-16(2)10-13(17)15-12-7-5-4-6-8-12/h11-12H,4-10H2,1-3H3,(H,15,17). The summed E-state index contributed by atoms with van der Waals surface area (Å²) < 4.78 is 4.67. The van der Waals surface area contributed by atoms with E-state index in [1.165, 1.54) is 26.4 Å². The number of carbonyl (C=O) groups excluding carboxylic acids is 2. The minimum Gasteiger partial charge on any atom is -0.469 e. The molecule has 1 saturated carbocycles. The van der Waals surface area contributed by atoms with Gasteiger partial charge in [0.15, 0.2) is 0 Å². The van der Waals surface area contributed by atoms with Crippen molar-refractivity contribution in [3.8, 4) is 0 Å². The van der Waals surface area contributed by atoms with Gasteiger partial charge in [-0.3, -0.25) is 14.5 Å². The maximum Gasteiger partial charge on any atom is 0.309 e. The summed E-state index contributed by atoms with van der Waals surface area (Å²) in [5, 5.41) is 3.07. The van der Waals surface area contributed by atoms with Crippen LogP contribution >= 0.6 is 0 Å². The van der Waals surface area contributed by atoms with Crippen LogP contribution in [0.3, 0.4) is 0 Å². The highest BCUT2D eigenvalue weighted by Crippen LogP contribution is 2.17. The molecule has 0 spiro atoms. The maximum atomic E-state index is 11.9. The molecule has 1 N–H and O–H groups in total. The number of hydrogen-bond acceptors (Lipinski definition) is 4. The molecule has 5 heteroatoms. The zero-order valence-electron chi connectivity index (χ0n) is 12.3. The van der Waals surface area contributed by atoms with Crippen molar-refractivity contribution in [3.05, 3.63) is 0 Å². The minimum atomic E-state index is -0.237. The molecule has 110 valence electrons. The van der Waals surface area contributed by atoms with E-state index in [1.54, 1.807) is 6.92 Å². The van der Waals surface area contributed by atoms with Gasteiger partial charge in [-0.2, -0.15) is 0 Å². The summed E-state index contributed by atoms with van der Waals surface area (Å²) in [5.74, 6) is -0.400. The van der Waals surface area contributed by atoms with E-state index in [2.05, 4.69) is 10.1 Å². The Labute approximate surface area is 115 Å². The molecule has 1 aliphatic rings. The first-order valence-electron chi connectivity index (χ1n) is 7.08. The number of ether oxygens (including phenoxy) is 1. The fraction of sp³-hybridized carbons (Fsp3) is 0.857. The number of carbonyl (C=O) groups is 2. The number of hydrogen-bond donors (Lipinski definition) is 1. The van der Waals surface area contributed by atoms with Gasteiger partial charge in [-0.1, -0.05) is 26.2 Å². The topological polar surface area (TPSA) is 58.6 Å². The molecular weight excluding hydrogens is 244 g/mol. The first-order valence-corrected chi connectivity index (χ1v) is 7.08. The molecule has 1 aliphatic carbocycles. The van der Waals surface area contributed by atoms with Crippen LogP contribution in [0.5, 0.6) is 0 Å². The van der Waals surface area contributed by atoms with Crippen molar-refractivity contribution >= 4 is 11.9 Å². The third kappa shape index (κ3) is 6.05. The SMILES string of the molecule is COC(=O)C(C)CN(C)CC(=O)NC1CCCCC1. The zero-order chi connectivity index (χ0) is 14.3. The number of nitrogens with one attached hydrogen (secondary N) is 1. The van der Waals surface area contributed by atoms with Gasteiger partial charge in [0.2, 0.25) is 5.91 Å². The molecule has 0 aromatic heterocycles. The smallest absolute Gasteiger partial charge is 0.309 e. The highest BCUT2D eigenvalue weighted by molar-refractivity contribution is 5.78. The Morgan fingerprint density at radius 1 is 1.32 bits per heavy atom. The molecule has 1 unspecified atom stereocenters. The van der Waals surface area contributed by atoms with Crippen molar-refractivity contribution < 1.29 is 14.3 Å².